The highest BCUT2D eigenvalue weighted by Gasteiger charge is 2.32. The number of halogens is 4. The molecule has 1 aliphatic heterocycles. The molecule has 0 bridgehead atoms. The van der Waals surface area contributed by atoms with Gasteiger partial charge in [0.15, 0.2) is 5.65 Å². The molecule has 47 heavy (non-hydrogen) atoms. The number of ether oxygens (including phenoxy) is 1. The fourth-order valence-electron chi connectivity index (χ4n) is 5.79. The standard InChI is InChI=1S/C33H28F4N8O2/c1-47-27-14-19(6-9-26(27)42-32(46)24-8-7-22(15-25(24)34)33(35,36)37)29-28-30(39)40-18-41-31(28)45(43-29)23-10-12-44(13-11-23)17-21-5-3-2-4-20(21)16-38/h2-9,14-15,18,23H,10-13,17H2,1H3,(H,42,46)(H2,39,40,41). The van der Waals surface area contributed by atoms with Crippen LogP contribution in [0.1, 0.15) is 45.9 Å². The zero-order valence-electron chi connectivity index (χ0n) is 25.1. The lowest BCUT2D eigenvalue weighted by Gasteiger charge is -2.32. The molecular formula is C33H28F4N8O2. The Labute approximate surface area is 266 Å². The summed E-state index contributed by atoms with van der Waals surface area (Å²) in [6.07, 6.45) is -1.80. The Balaban J connectivity index is 1.25. The van der Waals surface area contributed by atoms with Gasteiger partial charge in [0, 0.05) is 25.2 Å². The van der Waals surface area contributed by atoms with Gasteiger partial charge in [-0.05, 0) is 54.8 Å². The summed E-state index contributed by atoms with van der Waals surface area (Å²) in [7, 11) is 1.38. The van der Waals surface area contributed by atoms with Gasteiger partial charge in [-0.25, -0.2) is 19.0 Å². The first-order chi connectivity index (χ1) is 22.6. The highest BCUT2D eigenvalue weighted by Crippen LogP contribution is 2.38. The lowest BCUT2D eigenvalue weighted by molar-refractivity contribution is -0.137. The summed E-state index contributed by atoms with van der Waals surface area (Å²) in [4.78, 5) is 23.8. The van der Waals surface area contributed by atoms with Crippen molar-refractivity contribution in [3.05, 3.63) is 95.1 Å². The van der Waals surface area contributed by atoms with E-state index in [0.717, 1.165) is 37.6 Å². The number of nitrogens with one attached hydrogen (secondary N) is 1. The monoisotopic (exact) mass is 644 g/mol. The summed E-state index contributed by atoms with van der Waals surface area (Å²) < 4.78 is 60.7. The maximum absolute atomic E-state index is 14.5. The van der Waals surface area contributed by atoms with E-state index in [4.69, 9.17) is 15.6 Å². The van der Waals surface area contributed by atoms with E-state index in [-0.39, 0.29) is 29.4 Å². The highest BCUT2D eigenvalue weighted by atomic mass is 19.4. The molecule has 0 spiro atoms. The van der Waals surface area contributed by atoms with Gasteiger partial charge in [0.2, 0.25) is 0 Å². The van der Waals surface area contributed by atoms with E-state index in [9.17, 15) is 27.6 Å². The van der Waals surface area contributed by atoms with Crippen LogP contribution in [-0.4, -0.2) is 50.8 Å². The molecule has 0 atom stereocenters. The minimum absolute atomic E-state index is 0.0158. The number of alkyl halides is 3. The number of nitriles is 1. The summed E-state index contributed by atoms with van der Waals surface area (Å²) in [6, 6.07) is 16.3. The van der Waals surface area contributed by atoms with Crippen LogP contribution >= 0.6 is 0 Å². The predicted octanol–water partition coefficient (Wildman–Crippen LogP) is 6.20. The number of carbonyl (C=O) groups is 1. The van der Waals surface area contributed by atoms with Crippen LogP contribution in [0.25, 0.3) is 22.3 Å². The molecule has 3 N–H and O–H groups in total. The van der Waals surface area contributed by atoms with Crippen LogP contribution in [0.3, 0.4) is 0 Å². The molecule has 0 radical (unpaired) electrons. The molecule has 0 unspecified atom stereocenters. The molecule has 10 nitrogen and oxygen atoms in total. The predicted molar refractivity (Wildman–Crippen MR) is 166 cm³/mol. The number of methoxy groups -OCH3 is 1. The summed E-state index contributed by atoms with van der Waals surface area (Å²) in [5.41, 5.74) is 8.02. The molecule has 14 heteroatoms. The van der Waals surface area contributed by atoms with Crippen molar-refractivity contribution in [3.63, 3.8) is 0 Å². The number of amides is 1. The Morgan fingerprint density at radius 2 is 1.87 bits per heavy atom. The number of aromatic nitrogens is 4. The Morgan fingerprint density at radius 3 is 2.57 bits per heavy atom. The third-order valence-electron chi connectivity index (χ3n) is 8.22. The molecular weight excluding hydrogens is 616 g/mol. The number of carbonyl (C=O) groups excluding carboxylic acids is 1. The van der Waals surface area contributed by atoms with Crippen LogP contribution in [0.5, 0.6) is 5.75 Å². The van der Waals surface area contributed by atoms with Crippen molar-refractivity contribution in [2.75, 3.05) is 31.2 Å². The minimum Gasteiger partial charge on any atom is -0.495 e. The second-order valence-corrected chi connectivity index (χ2v) is 11.1. The van der Waals surface area contributed by atoms with E-state index in [1.54, 1.807) is 12.1 Å². The zero-order chi connectivity index (χ0) is 33.3. The van der Waals surface area contributed by atoms with Crippen LogP contribution in [0.4, 0.5) is 29.1 Å². The molecule has 2 aromatic heterocycles. The minimum atomic E-state index is -4.75. The van der Waals surface area contributed by atoms with Crippen LogP contribution in [0.15, 0.2) is 67.0 Å². The number of nitrogen functional groups attached to an aromatic ring is 1. The number of fused-ring (bicyclic) bond motifs is 1. The first kappa shape index (κ1) is 31.4. The van der Waals surface area contributed by atoms with E-state index < -0.39 is 29.0 Å². The molecule has 1 fully saturated rings. The molecule has 240 valence electrons. The van der Waals surface area contributed by atoms with E-state index in [1.165, 1.54) is 19.5 Å². The van der Waals surface area contributed by atoms with Crippen LogP contribution < -0.4 is 15.8 Å². The van der Waals surface area contributed by atoms with Crippen molar-refractivity contribution < 1.29 is 27.1 Å². The smallest absolute Gasteiger partial charge is 0.416 e. The van der Waals surface area contributed by atoms with Gasteiger partial charge in [-0.15, -0.1) is 0 Å². The summed E-state index contributed by atoms with van der Waals surface area (Å²) in [6.45, 7) is 2.23. The number of rotatable bonds is 7. The molecule has 3 heterocycles. The lowest BCUT2D eigenvalue weighted by atomic mass is 10.0. The Hall–Kier alpha value is -5.55. The SMILES string of the molecule is COc1cc(-c2nn(C3CCN(Cc4ccccc4C#N)CC3)c3ncnc(N)c23)ccc1NC(=O)c1ccc(C(F)(F)F)cc1F. The molecule has 1 amide bonds. The first-order valence-corrected chi connectivity index (χ1v) is 14.6. The number of benzene rings is 3. The van der Waals surface area contributed by atoms with Crippen LogP contribution in [0.2, 0.25) is 0 Å². The average molecular weight is 645 g/mol. The van der Waals surface area contributed by atoms with Crippen LogP contribution in [0, 0.1) is 17.1 Å². The Morgan fingerprint density at radius 1 is 1.11 bits per heavy atom. The second kappa shape index (κ2) is 12.7. The topological polar surface area (TPSA) is 135 Å². The average Bonchev–Trinajstić information content (AvgIpc) is 3.46. The highest BCUT2D eigenvalue weighted by molar-refractivity contribution is 6.06. The quantitative estimate of drug-likeness (QED) is 0.200. The third kappa shape index (κ3) is 6.30. The summed E-state index contributed by atoms with van der Waals surface area (Å²) >= 11 is 0. The fraction of sp³-hybridized carbons (Fsp3) is 0.242. The maximum atomic E-state index is 14.5. The van der Waals surface area contributed by atoms with Gasteiger partial charge in [0.25, 0.3) is 5.91 Å². The first-order valence-electron chi connectivity index (χ1n) is 14.6. The number of nitrogens with zero attached hydrogens (tertiary/aromatic N) is 6. The molecule has 5 aromatic rings. The lowest BCUT2D eigenvalue weighted by Crippen LogP contribution is -2.34. The van der Waals surface area contributed by atoms with Crippen molar-refractivity contribution >= 4 is 28.4 Å². The van der Waals surface area contributed by atoms with Crippen molar-refractivity contribution in [1.29, 1.82) is 5.26 Å². The number of hydrogen-bond donors (Lipinski definition) is 2. The number of nitrogens with two attached hydrogens (primary N) is 1. The van der Waals surface area contributed by atoms with E-state index in [2.05, 4.69) is 26.3 Å². The Bertz CT molecular complexity index is 2010. The van der Waals surface area contributed by atoms with Crippen molar-refractivity contribution in [2.45, 2.75) is 31.6 Å². The molecule has 6 rings (SSSR count). The fourth-order valence-corrected chi connectivity index (χ4v) is 5.79. The summed E-state index contributed by atoms with van der Waals surface area (Å²) in [5.74, 6) is -1.82. The van der Waals surface area contributed by atoms with Crippen LogP contribution in [-0.2, 0) is 12.7 Å². The molecule has 3 aromatic carbocycles. The Kier molecular flexibility index (Phi) is 8.48. The van der Waals surface area contributed by atoms with E-state index >= 15 is 0 Å². The molecule has 0 aliphatic carbocycles. The van der Waals surface area contributed by atoms with Gasteiger partial charge in [0.1, 0.15) is 29.4 Å². The second-order valence-electron chi connectivity index (χ2n) is 11.1. The van der Waals surface area contributed by atoms with Gasteiger partial charge in [-0.3, -0.25) is 9.69 Å². The van der Waals surface area contributed by atoms with Gasteiger partial charge >= 0.3 is 6.18 Å². The largest absolute Gasteiger partial charge is 0.495 e. The van der Waals surface area contributed by atoms with Gasteiger partial charge in [-0.2, -0.15) is 23.5 Å². The number of hydrogen-bond acceptors (Lipinski definition) is 8. The van der Waals surface area contributed by atoms with Crippen molar-refractivity contribution in [1.82, 2.24) is 24.6 Å². The number of likely N-dealkylation sites (tertiary alicyclic amines) is 1. The van der Waals surface area contributed by atoms with Crippen molar-refractivity contribution in [2.24, 2.45) is 0 Å². The molecule has 1 aliphatic rings. The maximum Gasteiger partial charge on any atom is 0.416 e. The number of anilines is 2. The van der Waals surface area contributed by atoms with Gasteiger partial charge in [0.05, 0.1) is 47.0 Å². The summed E-state index contributed by atoms with van der Waals surface area (Å²) in [5, 5.41) is 17.4. The third-order valence-corrected chi connectivity index (χ3v) is 8.22. The van der Waals surface area contributed by atoms with E-state index in [1.807, 2.05) is 28.9 Å². The molecule has 0 saturated carbocycles. The van der Waals surface area contributed by atoms with Crippen molar-refractivity contribution in [3.8, 4) is 23.1 Å². The van der Waals surface area contributed by atoms with E-state index in [0.29, 0.717) is 40.5 Å². The normalized spacial score (nSPS) is 14.2. The zero-order valence-corrected chi connectivity index (χ0v) is 25.1. The molecule has 1 saturated heterocycles. The van der Waals surface area contributed by atoms with Gasteiger partial charge in [-0.1, -0.05) is 24.3 Å². The number of piperidine rings is 1. The van der Waals surface area contributed by atoms with Gasteiger partial charge < -0.3 is 15.8 Å².